The van der Waals surface area contributed by atoms with Crippen LogP contribution >= 0.6 is 11.3 Å². The predicted octanol–water partition coefficient (Wildman–Crippen LogP) is 5.06. The number of para-hydroxylation sites is 1. The zero-order valence-electron chi connectivity index (χ0n) is 12.1. The second-order valence-corrected chi connectivity index (χ2v) is 6.45. The molecule has 0 aliphatic rings. The van der Waals surface area contributed by atoms with Crippen molar-refractivity contribution in [1.29, 1.82) is 0 Å². The summed E-state index contributed by atoms with van der Waals surface area (Å²) in [5, 5.41) is 3.44. The van der Waals surface area contributed by atoms with E-state index in [-0.39, 0.29) is 0 Å². The molecule has 5 rings (SSSR count). The molecule has 0 N–H and O–H groups in total. The fraction of sp³-hybridized carbons (Fsp3) is 0. The smallest absolute Gasteiger partial charge is 0.116 e. The predicted molar refractivity (Wildman–Crippen MR) is 95.7 cm³/mol. The molecule has 0 bridgehead atoms. The normalized spacial score (nSPS) is 11.5. The Bertz CT molecular complexity index is 1170. The first-order chi connectivity index (χ1) is 11.4. The molecule has 0 fully saturated rings. The third-order valence-electron chi connectivity index (χ3n) is 4.06. The van der Waals surface area contributed by atoms with Gasteiger partial charge in [0.25, 0.3) is 0 Å². The van der Waals surface area contributed by atoms with Crippen LogP contribution in [0.5, 0.6) is 0 Å². The number of aromatic nitrogens is 3. The van der Waals surface area contributed by atoms with Gasteiger partial charge in [-0.15, -0.1) is 11.3 Å². The van der Waals surface area contributed by atoms with Crippen molar-refractivity contribution < 1.29 is 0 Å². The Morgan fingerprint density at radius 1 is 0.652 bits per heavy atom. The molecule has 23 heavy (non-hydrogen) atoms. The number of rotatable bonds is 1. The molecule has 3 heterocycles. The van der Waals surface area contributed by atoms with Crippen molar-refractivity contribution in [3.8, 4) is 11.4 Å². The summed E-state index contributed by atoms with van der Waals surface area (Å²) in [5.41, 5.74) is 2.76. The molecule has 108 valence electrons. The molecule has 3 nitrogen and oxygen atoms in total. The summed E-state index contributed by atoms with van der Waals surface area (Å²) in [5.74, 6) is 0. The van der Waals surface area contributed by atoms with E-state index in [1.807, 2.05) is 24.4 Å². The van der Waals surface area contributed by atoms with E-state index >= 15 is 0 Å². The molecule has 0 aliphatic heterocycles. The molecule has 0 amide bonds. The van der Waals surface area contributed by atoms with Gasteiger partial charge in [0, 0.05) is 31.8 Å². The van der Waals surface area contributed by atoms with Crippen LogP contribution in [0.1, 0.15) is 0 Å². The summed E-state index contributed by atoms with van der Waals surface area (Å²) >= 11 is 1.79. The molecule has 0 saturated carbocycles. The minimum absolute atomic E-state index is 0.893. The fourth-order valence-electron chi connectivity index (χ4n) is 3.04. The third kappa shape index (κ3) is 1.85. The van der Waals surface area contributed by atoms with Crippen LogP contribution in [0.25, 0.3) is 42.5 Å². The van der Waals surface area contributed by atoms with Gasteiger partial charge in [0.1, 0.15) is 12.0 Å². The lowest BCUT2D eigenvalue weighted by Gasteiger charge is -2.06. The lowest BCUT2D eigenvalue weighted by molar-refractivity contribution is 1.21. The number of pyridine rings is 1. The minimum Gasteiger partial charge on any atom is -0.254 e. The van der Waals surface area contributed by atoms with Crippen molar-refractivity contribution in [3.05, 3.63) is 67.1 Å². The Kier molecular flexibility index (Phi) is 2.66. The number of thiophene rings is 1. The Morgan fingerprint density at radius 2 is 1.48 bits per heavy atom. The van der Waals surface area contributed by atoms with Crippen LogP contribution in [-0.2, 0) is 0 Å². The van der Waals surface area contributed by atoms with Gasteiger partial charge in [-0.1, -0.05) is 36.4 Å². The van der Waals surface area contributed by atoms with E-state index in [2.05, 4.69) is 51.4 Å². The lowest BCUT2D eigenvalue weighted by atomic mass is 10.1. The summed E-state index contributed by atoms with van der Waals surface area (Å²) in [6.45, 7) is 0. The van der Waals surface area contributed by atoms with Gasteiger partial charge in [0.2, 0.25) is 0 Å². The van der Waals surface area contributed by atoms with Crippen LogP contribution in [-0.4, -0.2) is 15.0 Å². The first kappa shape index (κ1) is 12.7. The summed E-state index contributed by atoms with van der Waals surface area (Å²) in [4.78, 5) is 13.6. The molecule has 3 aromatic heterocycles. The monoisotopic (exact) mass is 313 g/mol. The van der Waals surface area contributed by atoms with Crippen molar-refractivity contribution in [1.82, 2.24) is 15.0 Å². The minimum atomic E-state index is 0.893. The Morgan fingerprint density at radius 3 is 2.43 bits per heavy atom. The fourth-order valence-corrected chi connectivity index (χ4v) is 4.14. The molecule has 0 aliphatic carbocycles. The molecule has 0 unspecified atom stereocenters. The van der Waals surface area contributed by atoms with E-state index in [1.165, 1.54) is 20.2 Å². The Labute approximate surface area is 136 Å². The molecule has 0 radical (unpaired) electrons. The van der Waals surface area contributed by atoms with Gasteiger partial charge in [-0.3, -0.25) is 4.98 Å². The molecule has 0 atom stereocenters. The molecule has 2 aromatic carbocycles. The first-order valence-electron chi connectivity index (χ1n) is 7.38. The second-order valence-electron chi connectivity index (χ2n) is 5.37. The zero-order chi connectivity index (χ0) is 15.2. The highest BCUT2D eigenvalue weighted by molar-refractivity contribution is 7.25. The van der Waals surface area contributed by atoms with Crippen molar-refractivity contribution in [3.63, 3.8) is 0 Å². The van der Waals surface area contributed by atoms with E-state index in [1.54, 1.807) is 17.7 Å². The van der Waals surface area contributed by atoms with Crippen LogP contribution in [0, 0.1) is 0 Å². The quantitative estimate of drug-likeness (QED) is 0.434. The van der Waals surface area contributed by atoms with E-state index in [0.717, 1.165) is 22.3 Å². The number of hydrogen-bond donors (Lipinski definition) is 0. The van der Waals surface area contributed by atoms with Gasteiger partial charge in [-0.05, 0) is 18.2 Å². The second kappa shape index (κ2) is 4.83. The molecule has 5 aromatic rings. The van der Waals surface area contributed by atoms with Crippen LogP contribution in [0.15, 0.2) is 67.1 Å². The van der Waals surface area contributed by atoms with Gasteiger partial charge in [0.05, 0.1) is 11.2 Å². The highest BCUT2D eigenvalue weighted by Crippen LogP contribution is 2.39. The molecule has 0 spiro atoms. The van der Waals surface area contributed by atoms with Gasteiger partial charge in [-0.25, -0.2) is 9.97 Å². The maximum Gasteiger partial charge on any atom is 0.116 e. The van der Waals surface area contributed by atoms with Crippen molar-refractivity contribution >= 4 is 42.4 Å². The maximum absolute atomic E-state index is 4.67. The number of fused-ring (bicyclic) bond motifs is 4. The van der Waals surface area contributed by atoms with E-state index in [4.69, 9.17) is 0 Å². The van der Waals surface area contributed by atoms with Gasteiger partial charge >= 0.3 is 0 Å². The van der Waals surface area contributed by atoms with Gasteiger partial charge < -0.3 is 0 Å². The molecule has 0 saturated heterocycles. The summed E-state index contributed by atoms with van der Waals surface area (Å²) in [6, 6.07) is 18.6. The number of hydrogen-bond acceptors (Lipinski definition) is 4. The Balaban J connectivity index is 1.96. The van der Waals surface area contributed by atoms with E-state index in [0.29, 0.717) is 0 Å². The SMILES string of the molecule is c1ccc2c(-c3nccc4sc5ccccc5c34)ncnc2c1. The highest BCUT2D eigenvalue weighted by atomic mass is 32.1. The van der Waals surface area contributed by atoms with Crippen LogP contribution < -0.4 is 0 Å². The summed E-state index contributed by atoms with van der Waals surface area (Å²) in [6.07, 6.45) is 3.48. The van der Waals surface area contributed by atoms with Crippen LogP contribution in [0.2, 0.25) is 0 Å². The van der Waals surface area contributed by atoms with E-state index in [9.17, 15) is 0 Å². The molecule has 4 heteroatoms. The van der Waals surface area contributed by atoms with Gasteiger partial charge in [0.15, 0.2) is 0 Å². The molecular weight excluding hydrogens is 302 g/mol. The average molecular weight is 313 g/mol. The zero-order valence-corrected chi connectivity index (χ0v) is 12.9. The van der Waals surface area contributed by atoms with Crippen molar-refractivity contribution in [2.75, 3.05) is 0 Å². The Hall–Kier alpha value is -2.85. The van der Waals surface area contributed by atoms with Crippen LogP contribution in [0.4, 0.5) is 0 Å². The third-order valence-corrected chi connectivity index (χ3v) is 5.19. The van der Waals surface area contributed by atoms with E-state index < -0.39 is 0 Å². The highest BCUT2D eigenvalue weighted by Gasteiger charge is 2.14. The standard InChI is InChI=1S/C19H11N3S/c1-3-7-14-12(5-1)18(22-11-21-14)19-17-13-6-2-4-8-15(13)23-16(17)9-10-20-19/h1-11H. The topological polar surface area (TPSA) is 38.7 Å². The van der Waals surface area contributed by atoms with Crippen molar-refractivity contribution in [2.24, 2.45) is 0 Å². The summed E-state index contributed by atoms with van der Waals surface area (Å²) < 4.78 is 2.51. The maximum atomic E-state index is 4.67. The van der Waals surface area contributed by atoms with Crippen LogP contribution in [0.3, 0.4) is 0 Å². The largest absolute Gasteiger partial charge is 0.254 e. The van der Waals surface area contributed by atoms with Crippen molar-refractivity contribution in [2.45, 2.75) is 0 Å². The molecular formula is C19H11N3S. The summed E-state index contributed by atoms with van der Waals surface area (Å²) in [7, 11) is 0. The van der Waals surface area contributed by atoms with Gasteiger partial charge in [-0.2, -0.15) is 0 Å². The lowest BCUT2D eigenvalue weighted by Crippen LogP contribution is -1.91. The first-order valence-corrected chi connectivity index (χ1v) is 8.20. The number of benzene rings is 2. The average Bonchev–Trinajstić information content (AvgIpc) is 3.00. The number of nitrogens with zero attached hydrogens (tertiary/aromatic N) is 3.